The number of hydrogen-bond acceptors (Lipinski definition) is 5. The minimum atomic E-state index is -0.0474. The fourth-order valence-electron chi connectivity index (χ4n) is 4.01. The van der Waals surface area contributed by atoms with Gasteiger partial charge in [0.1, 0.15) is 11.7 Å². The summed E-state index contributed by atoms with van der Waals surface area (Å²) in [6.45, 7) is 3.90. The predicted molar refractivity (Wildman–Crippen MR) is 92.2 cm³/mol. The molecule has 1 saturated heterocycles. The zero-order chi connectivity index (χ0) is 17.4. The average Bonchev–Trinajstić information content (AvgIpc) is 3.35. The molecule has 7 nitrogen and oxygen atoms in total. The van der Waals surface area contributed by atoms with Gasteiger partial charge in [-0.3, -0.25) is 9.69 Å². The molecule has 0 N–H and O–H groups in total. The van der Waals surface area contributed by atoms with Crippen LogP contribution in [0.25, 0.3) is 0 Å². The van der Waals surface area contributed by atoms with Crippen LogP contribution in [0.15, 0.2) is 22.9 Å². The predicted octanol–water partition coefficient (Wildman–Crippen LogP) is 2.42. The standard InChI is InChI=1S/C18H25N5O2/c1-13-19-17(25-20-13)16-12-22(11-10-21(16)2)18(24)15-8-5-9-23(15)14-6-3-4-7-14/h5,8-9,14,16H,3-4,6-7,10-12H2,1-2H3. The van der Waals surface area contributed by atoms with Crippen molar-refractivity contribution in [2.45, 2.75) is 44.7 Å². The summed E-state index contributed by atoms with van der Waals surface area (Å²) in [7, 11) is 2.03. The number of aromatic nitrogens is 3. The molecule has 3 heterocycles. The monoisotopic (exact) mass is 343 g/mol. The van der Waals surface area contributed by atoms with Crippen LogP contribution in [0, 0.1) is 6.92 Å². The van der Waals surface area contributed by atoms with Crippen molar-refractivity contribution in [3.63, 3.8) is 0 Å². The van der Waals surface area contributed by atoms with Crippen molar-refractivity contribution >= 4 is 5.91 Å². The molecule has 0 spiro atoms. The van der Waals surface area contributed by atoms with Gasteiger partial charge in [-0.05, 0) is 38.9 Å². The molecule has 25 heavy (non-hydrogen) atoms. The van der Waals surface area contributed by atoms with Crippen LogP contribution in [0.4, 0.5) is 0 Å². The zero-order valence-corrected chi connectivity index (χ0v) is 14.9. The van der Waals surface area contributed by atoms with Gasteiger partial charge < -0.3 is 14.0 Å². The molecule has 1 aliphatic heterocycles. The van der Waals surface area contributed by atoms with Gasteiger partial charge in [-0.25, -0.2) is 0 Å². The topological polar surface area (TPSA) is 67.4 Å². The Morgan fingerprint density at radius 3 is 2.80 bits per heavy atom. The molecule has 1 amide bonds. The fourth-order valence-corrected chi connectivity index (χ4v) is 4.01. The molecule has 1 aliphatic carbocycles. The molecule has 4 rings (SSSR count). The molecule has 134 valence electrons. The number of carbonyl (C=O) groups excluding carboxylic acids is 1. The van der Waals surface area contributed by atoms with E-state index in [0.29, 0.717) is 24.3 Å². The van der Waals surface area contributed by atoms with Crippen molar-refractivity contribution in [2.75, 3.05) is 26.7 Å². The van der Waals surface area contributed by atoms with E-state index < -0.39 is 0 Å². The third-order valence-corrected chi connectivity index (χ3v) is 5.48. The normalized spacial score (nSPS) is 22.6. The molecular formula is C18H25N5O2. The van der Waals surface area contributed by atoms with E-state index in [1.165, 1.54) is 25.7 Å². The number of rotatable bonds is 3. The highest BCUT2D eigenvalue weighted by Gasteiger charge is 2.33. The first-order valence-corrected chi connectivity index (χ1v) is 9.10. The van der Waals surface area contributed by atoms with Crippen LogP contribution in [0.3, 0.4) is 0 Å². The van der Waals surface area contributed by atoms with Gasteiger partial charge in [-0.1, -0.05) is 18.0 Å². The Morgan fingerprint density at radius 2 is 2.08 bits per heavy atom. The van der Waals surface area contributed by atoms with Gasteiger partial charge in [0.25, 0.3) is 5.91 Å². The van der Waals surface area contributed by atoms with E-state index in [1.807, 2.05) is 31.0 Å². The molecular weight excluding hydrogens is 318 g/mol. The van der Waals surface area contributed by atoms with Crippen molar-refractivity contribution in [1.82, 2.24) is 24.5 Å². The first-order chi connectivity index (χ1) is 12.1. The van der Waals surface area contributed by atoms with Crippen molar-refractivity contribution < 1.29 is 9.32 Å². The second-order valence-electron chi connectivity index (χ2n) is 7.17. The van der Waals surface area contributed by atoms with Crippen molar-refractivity contribution in [2.24, 2.45) is 0 Å². The largest absolute Gasteiger partial charge is 0.340 e. The Hall–Kier alpha value is -2.15. The molecule has 0 bridgehead atoms. The number of piperazine rings is 1. The molecule has 7 heteroatoms. The number of nitrogens with zero attached hydrogens (tertiary/aromatic N) is 5. The Balaban J connectivity index is 1.53. The molecule has 2 aromatic heterocycles. The van der Waals surface area contributed by atoms with Crippen molar-refractivity contribution in [3.8, 4) is 0 Å². The summed E-state index contributed by atoms with van der Waals surface area (Å²) in [5.74, 6) is 1.32. The van der Waals surface area contributed by atoms with Crippen LogP contribution in [0.2, 0.25) is 0 Å². The van der Waals surface area contributed by atoms with E-state index in [9.17, 15) is 4.79 Å². The van der Waals surface area contributed by atoms with Gasteiger partial charge in [-0.15, -0.1) is 0 Å². The SMILES string of the molecule is Cc1noc(C2CN(C(=O)c3cccn3C3CCCC3)CCN2C)n1. The number of carbonyl (C=O) groups is 1. The highest BCUT2D eigenvalue weighted by atomic mass is 16.5. The number of aryl methyl sites for hydroxylation is 1. The Kier molecular flexibility index (Phi) is 4.33. The molecule has 2 aliphatic rings. The highest BCUT2D eigenvalue weighted by Crippen LogP contribution is 2.31. The fraction of sp³-hybridized carbons (Fsp3) is 0.611. The van der Waals surface area contributed by atoms with Crippen LogP contribution < -0.4 is 0 Å². The summed E-state index contributed by atoms with van der Waals surface area (Å²) >= 11 is 0. The van der Waals surface area contributed by atoms with E-state index in [-0.39, 0.29) is 11.9 Å². The summed E-state index contributed by atoms with van der Waals surface area (Å²) in [6.07, 6.45) is 6.90. The lowest BCUT2D eigenvalue weighted by Gasteiger charge is -2.37. The Bertz CT molecular complexity index is 746. The lowest BCUT2D eigenvalue weighted by Crippen LogP contribution is -2.49. The number of hydrogen-bond donors (Lipinski definition) is 0. The van der Waals surface area contributed by atoms with Crippen LogP contribution in [-0.2, 0) is 0 Å². The van der Waals surface area contributed by atoms with E-state index in [0.717, 1.165) is 18.8 Å². The molecule has 0 radical (unpaired) electrons. The van der Waals surface area contributed by atoms with Crippen LogP contribution in [0.5, 0.6) is 0 Å². The van der Waals surface area contributed by atoms with Gasteiger partial charge in [0.2, 0.25) is 5.89 Å². The van der Waals surface area contributed by atoms with E-state index in [4.69, 9.17) is 4.52 Å². The lowest BCUT2D eigenvalue weighted by molar-refractivity contribution is 0.0478. The summed E-state index contributed by atoms with van der Waals surface area (Å²) in [6, 6.07) is 4.36. The van der Waals surface area contributed by atoms with Crippen LogP contribution >= 0.6 is 0 Å². The second-order valence-corrected chi connectivity index (χ2v) is 7.17. The molecule has 1 unspecified atom stereocenters. The first-order valence-electron chi connectivity index (χ1n) is 9.10. The van der Waals surface area contributed by atoms with Gasteiger partial charge in [0, 0.05) is 31.9 Å². The Morgan fingerprint density at radius 1 is 1.28 bits per heavy atom. The quantitative estimate of drug-likeness (QED) is 0.856. The van der Waals surface area contributed by atoms with E-state index in [2.05, 4.69) is 25.8 Å². The first kappa shape index (κ1) is 16.3. The maximum Gasteiger partial charge on any atom is 0.270 e. The average molecular weight is 343 g/mol. The van der Waals surface area contributed by atoms with E-state index in [1.54, 1.807) is 0 Å². The Labute approximate surface area is 147 Å². The zero-order valence-electron chi connectivity index (χ0n) is 14.9. The second kappa shape index (κ2) is 6.63. The number of amides is 1. The van der Waals surface area contributed by atoms with Crippen LogP contribution in [-0.4, -0.2) is 57.1 Å². The van der Waals surface area contributed by atoms with E-state index >= 15 is 0 Å². The van der Waals surface area contributed by atoms with Gasteiger partial charge in [0.05, 0.1) is 0 Å². The van der Waals surface area contributed by atoms with Crippen molar-refractivity contribution in [3.05, 3.63) is 35.7 Å². The summed E-state index contributed by atoms with van der Waals surface area (Å²) in [5, 5.41) is 3.89. The van der Waals surface area contributed by atoms with Gasteiger partial charge in [-0.2, -0.15) is 4.98 Å². The van der Waals surface area contributed by atoms with Gasteiger partial charge in [0.15, 0.2) is 5.82 Å². The summed E-state index contributed by atoms with van der Waals surface area (Å²) in [5.41, 5.74) is 0.803. The molecule has 1 atom stereocenters. The molecule has 0 aromatic carbocycles. The third kappa shape index (κ3) is 3.08. The van der Waals surface area contributed by atoms with Gasteiger partial charge >= 0.3 is 0 Å². The minimum Gasteiger partial charge on any atom is -0.340 e. The molecule has 2 fully saturated rings. The lowest BCUT2D eigenvalue weighted by atomic mass is 10.1. The number of likely N-dealkylation sites (N-methyl/N-ethyl adjacent to an activating group) is 1. The molecule has 2 aromatic rings. The minimum absolute atomic E-state index is 0.0474. The highest BCUT2D eigenvalue weighted by molar-refractivity contribution is 5.93. The maximum atomic E-state index is 13.1. The van der Waals surface area contributed by atoms with Crippen LogP contribution in [0.1, 0.15) is 60.0 Å². The third-order valence-electron chi connectivity index (χ3n) is 5.48. The van der Waals surface area contributed by atoms with Crippen molar-refractivity contribution in [1.29, 1.82) is 0 Å². The smallest absolute Gasteiger partial charge is 0.270 e. The summed E-state index contributed by atoms with van der Waals surface area (Å²) < 4.78 is 7.53. The summed E-state index contributed by atoms with van der Waals surface area (Å²) in [4.78, 5) is 21.6. The maximum absolute atomic E-state index is 13.1. The molecule has 1 saturated carbocycles.